The van der Waals surface area contributed by atoms with E-state index in [1.165, 1.54) is 0 Å². The third-order valence-electron chi connectivity index (χ3n) is 3.80. The molecule has 1 N–H and O–H groups in total. The van der Waals surface area contributed by atoms with Crippen LogP contribution in [0.1, 0.15) is 41.6 Å². The van der Waals surface area contributed by atoms with Crippen molar-refractivity contribution in [2.24, 2.45) is 11.8 Å². The molecule has 1 saturated carbocycles. The SMILES string of the molecule is Cc1ccc(C(=O)CC2CCCC2C(=O)O)cc1. The predicted molar refractivity (Wildman–Crippen MR) is 68.6 cm³/mol. The molecule has 0 saturated heterocycles. The van der Waals surface area contributed by atoms with Gasteiger partial charge in [-0.2, -0.15) is 0 Å². The highest BCUT2D eigenvalue weighted by Crippen LogP contribution is 2.35. The summed E-state index contributed by atoms with van der Waals surface area (Å²) < 4.78 is 0. The molecule has 96 valence electrons. The lowest BCUT2D eigenvalue weighted by Gasteiger charge is -2.14. The summed E-state index contributed by atoms with van der Waals surface area (Å²) in [7, 11) is 0. The highest BCUT2D eigenvalue weighted by atomic mass is 16.4. The van der Waals surface area contributed by atoms with Crippen molar-refractivity contribution in [3.63, 3.8) is 0 Å². The molecule has 2 rings (SSSR count). The van der Waals surface area contributed by atoms with Gasteiger partial charge in [-0.15, -0.1) is 0 Å². The van der Waals surface area contributed by atoms with Gasteiger partial charge in [-0.3, -0.25) is 9.59 Å². The van der Waals surface area contributed by atoms with Crippen LogP contribution in [0.4, 0.5) is 0 Å². The molecule has 0 radical (unpaired) electrons. The van der Waals surface area contributed by atoms with E-state index in [0.717, 1.165) is 18.4 Å². The fourth-order valence-electron chi connectivity index (χ4n) is 2.70. The van der Waals surface area contributed by atoms with Crippen LogP contribution in [0, 0.1) is 18.8 Å². The molecule has 18 heavy (non-hydrogen) atoms. The minimum absolute atomic E-state index is 0.0105. The zero-order valence-electron chi connectivity index (χ0n) is 10.6. The Balaban J connectivity index is 2.03. The minimum Gasteiger partial charge on any atom is -0.481 e. The fourth-order valence-corrected chi connectivity index (χ4v) is 2.70. The summed E-state index contributed by atoms with van der Waals surface area (Å²) in [6.45, 7) is 1.98. The van der Waals surface area contributed by atoms with Gasteiger partial charge in [0.05, 0.1) is 5.92 Å². The Morgan fingerprint density at radius 2 is 1.89 bits per heavy atom. The van der Waals surface area contributed by atoms with E-state index >= 15 is 0 Å². The van der Waals surface area contributed by atoms with Crippen molar-refractivity contribution in [1.29, 1.82) is 0 Å². The van der Waals surface area contributed by atoms with E-state index in [-0.39, 0.29) is 17.6 Å². The fraction of sp³-hybridized carbons (Fsp3) is 0.467. The van der Waals surface area contributed by atoms with Crippen molar-refractivity contribution in [1.82, 2.24) is 0 Å². The van der Waals surface area contributed by atoms with Crippen molar-refractivity contribution in [2.75, 3.05) is 0 Å². The summed E-state index contributed by atoms with van der Waals surface area (Å²) in [6.07, 6.45) is 2.85. The van der Waals surface area contributed by atoms with Gasteiger partial charge in [-0.05, 0) is 25.7 Å². The van der Waals surface area contributed by atoms with E-state index in [1.807, 2.05) is 31.2 Å². The molecule has 2 unspecified atom stereocenters. The summed E-state index contributed by atoms with van der Waals surface area (Å²) in [6, 6.07) is 7.47. The Labute approximate surface area is 107 Å². The van der Waals surface area contributed by atoms with E-state index in [0.29, 0.717) is 18.4 Å². The number of carbonyl (C=O) groups is 2. The molecule has 1 aromatic carbocycles. The molecule has 1 aromatic rings. The molecule has 1 aliphatic carbocycles. The van der Waals surface area contributed by atoms with E-state index in [1.54, 1.807) is 0 Å². The molecule has 1 aliphatic rings. The van der Waals surface area contributed by atoms with Crippen LogP contribution in [-0.4, -0.2) is 16.9 Å². The third kappa shape index (κ3) is 2.78. The van der Waals surface area contributed by atoms with Gasteiger partial charge in [0.1, 0.15) is 0 Å². The molecule has 0 bridgehead atoms. The van der Waals surface area contributed by atoms with Gasteiger partial charge in [0.25, 0.3) is 0 Å². The number of hydrogen-bond acceptors (Lipinski definition) is 2. The Morgan fingerprint density at radius 1 is 1.22 bits per heavy atom. The van der Waals surface area contributed by atoms with Gasteiger partial charge in [0.2, 0.25) is 0 Å². The molecule has 0 heterocycles. The first-order chi connectivity index (χ1) is 8.58. The number of aliphatic carboxylic acids is 1. The second-order valence-corrected chi connectivity index (χ2v) is 5.13. The second-order valence-electron chi connectivity index (χ2n) is 5.13. The lowest BCUT2D eigenvalue weighted by molar-refractivity contribution is -0.142. The molecular formula is C15H18O3. The minimum atomic E-state index is -0.755. The van der Waals surface area contributed by atoms with Crippen molar-refractivity contribution in [3.05, 3.63) is 35.4 Å². The topological polar surface area (TPSA) is 54.4 Å². The first-order valence-corrected chi connectivity index (χ1v) is 6.40. The number of carbonyl (C=O) groups excluding carboxylic acids is 1. The van der Waals surface area contributed by atoms with Crippen LogP contribution >= 0.6 is 0 Å². The lowest BCUT2D eigenvalue weighted by atomic mass is 9.89. The molecule has 1 fully saturated rings. The first-order valence-electron chi connectivity index (χ1n) is 6.40. The van der Waals surface area contributed by atoms with Gasteiger partial charge >= 0.3 is 5.97 Å². The van der Waals surface area contributed by atoms with E-state index < -0.39 is 5.97 Å². The smallest absolute Gasteiger partial charge is 0.306 e. The standard InChI is InChI=1S/C15H18O3/c1-10-5-7-11(8-6-10)14(16)9-12-3-2-4-13(12)15(17)18/h5-8,12-13H,2-4,9H2,1H3,(H,17,18). The monoisotopic (exact) mass is 246 g/mol. The number of carboxylic acid groups (broad SMARTS) is 1. The van der Waals surface area contributed by atoms with Crippen LogP contribution in [-0.2, 0) is 4.79 Å². The maximum Gasteiger partial charge on any atom is 0.306 e. The molecule has 0 aromatic heterocycles. The van der Waals surface area contributed by atoms with Crippen LogP contribution in [0.15, 0.2) is 24.3 Å². The third-order valence-corrected chi connectivity index (χ3v) is 3.80. The average Bonchev–Trinajstić information content (AvgIpc) is 2.78. The number of carboxylic acids is 1. The van der Waals surface area contributed by atoms with E-state index in [4.69, 9.17) is 5.11 Å². The van der Waals surface area contributed by atoms with Crippen LogP contribution in [0.2, 0.25) is 0 Å². The maximum atomic E-state index is 12.1. The van der Waals surface area contributed by atoms with Gasteiger partial charge < -0.3 is 5.11 Å². The molecule has 3 nitrogen and oxygen atoms in total. The highest BCUT2D eigenvalue weighted by molar-refractivity contribution is 5.96. The van der Waals surface area contributed by atoms with Crippen molar-refractivity contribution < 1.29 is 14.7 Å². The van der Waals surface area contributed by atoms with Crippen LogP contribution in [0.5, 0.6) is 0 Å². The Morgan fingerprint density at radius 3 is 2.50 bits per heavy atom. The summed E-state index contributed by atoms with van der Waals surface area (Å²) in [5, 5.41) is 9.09. The number of rotatable bonds is 4. The van der Waals surface area contributed by atoms with Gasteiger partial charge in [0.15, 0.2) is 5.78 Å². The summed E-state index contributed by atoms with van der Waals surface area (Å²) >= 11 is 0. The molecular weight excluding hydrogens is 228 g/mol. The number of ketones is 1. The maximum absolute atomic E-state index is 12.1. The van der Waals surface area contributed by atoms with E-state index in [2.05, 4.69) is 0 Å². The summed E-state index contributed by atoms with van der Waals surface area (Å²) in [5.41, 5.74) is 1.81. The zero-order chi connectivity index (χ0) is 13.1. The lowest BCUT2D eigenvalue weighted by Crippen LogP contribution is -2.20. The molecule has 2 atom stereocenters. The van der Waals surface area contributed by atoms with Gasteiger partial charge in [-0.1, -0.05) is 36.2 Å². The quantitative estimate of drug-likeness (QED) is 0.831. The van der Waals surface area contributed by atoms with Gasteiger partial charge in [-0.25, -0.2) is 0 Å². The van der Waals surface area contributed by atoms with Gasteiger partial charge in [0, 0.05) is 12.0 Å². The predicted octanol–water partition coefficient (Wildman–Crippen LogP) is 3.07. The second kappa shape index (κ2) is 5.34. The Hall–Kier alpha value is -1.64. The van der Waals surface area contributed by atoms with E-state index in [9.17, 15) is 9.59 Å². The summed E-state index contributed by atoms with van der Waals surface area (Å²) in [5.74, 6) is -1.02. The van der Waals surface area contributed by atoms with Crippen molar-refractivity contribution in [3.8, 4) is 0 Å². The molecule has 0 amide bonds. The number of aryl methyl sites for hydroxylation is 1. The highest BCUT2D eigenvalue weighted by Gasteiger charge is 2.34. The largest absolute Gasteiger partial charge is 0.481 e. The normalized spacial score (nSPS) is 22.9. The summed E-state index contributed by atoms with van der Waals surface area (Å²) in [4.78, 5) is 23.2. The van der Waals surface area contributed by atoms with Crippen LogP contribution < -0.4 is 0 Å². The van der Waals surface area contributed by atoms with Crippen molar-refractivity contribution in [2.45, 2.75) is 32.6 Å². The Bertz CT molecular complexity index is 447. The first kappa shape index (κ1) is 12.8. The van der Waals surface area contributed by atoms with Crippen molar-refractivity contribution >= 4 is 11.8 Å². The molecule has 0 aliphatic heterocycles. The number of benzene rings is 1. The zero-order valence-corrected chi connectivity index (χ0v) is 10.6. The van der Waals surface area contributed by atoms with Crippen LogP contribution in [0.25, 0.3) is 0 Å². The number of hydrogen-bond donors (Lipinski definition) is 1. The number of Topliss-reactive ketones (excluding diaryl/α,β-unsaturated/α-hetero) is 1. The van der Waals surface area contributed by atoms with Crippen LogP contribution in [0.3, 0.4) is 0 Å². The molecule has 0 spiro atoms. The Kier molecular flexibility index (Phi) is 3.80. The molecule has 3 heteroatoms. The average molecular weight is 246 g/mol.